The van der Waals surface area contributed by atoms with Gasteiger partial charge in [-0.25, -0.2) is 4.79 Å². The molecule has 0 fully saturated rings. The molecule has 0 aromatic carbocycles. The minimum absolute atomic E-state index is 0.0805. The molecule has 0 bridgehead atoms. The summed E-state index contributed by atoms with van der Waals surface area (Å²) in [4.78, 5) is 11.0. The zero-order chi connectivity index (χ0) is 9.84. The summed E-state index contributed by atoms with van der Waals surface area (Å²) in [5, 5.41) is 17.3. The topological polar surface area (TPSA) is 79.9 Å². The van der Waals surface area contributed by atoms with Crippen molar-refractivity contribution in [3.05, 3.63) is 17.9 Å². The van der Waals surface area contributed by atoms with E-state index in [4.69, 9.17) is 14.5 Å². The lowest BCUT2D eigenvalue weighted by molar-refractivity contribution is 0.0525. The van der Waals surface area contributed by atoms with Gasteiger partial charge in [0.2, 0.25) is 0 Å². The molecule has 5 nitrogen and oxygen atoms in total. The number of esters is 1. The standard InChI is InChI=1S/C7H9BO5/c1-2-12-7(9)5-3-6(8(10)11)13-4-5/h3-4,10-11H,2H2,1H3. The minimum Gasteiger partial charge on any atom is -0.472 e. The van der Waals surface area contributed by atoms with Crippen molar-refractivity contribution in [1.29, 1.82) is 0 Å². The van der Waals surface area contributed by atoms with Crippen LogP contribution in [0.4, 0.5) is 0 Å². The molecule has 0 saturated heterocycles. The first-order valence-electron chi connectivity index (χ1n) is 3.76. The van der Waals surface area contributed by atoms with Crippen LogP contribution in [0, 0.1) is 0 Å². The van der Waals surface area contributed by atoms with Gasteiger partial charge in [0.25, 0.3) is 0 Å². The molecular weight excluding hydrogens is 175 g/mol. The largest absolute Gasteiger partial charge is 0.526 e. The summed E-state index contributed by atoms with van der Waals surface area (Å²) in [6.07, 6.45) is 1.12. The second-order valence-electron chi connectivity index (χ2n) is 2.33. The maximum atomic E-state index is 11.0. The van der Waals surface area contributed by atoms with E-state index in [2.05, 4.69) is 4.74 Å². The van der Waals surface area contributed by atoms with Crippen molar-refractivity contribution in [3.8, 4) is 0 Å². The SMILES string of the molecule is CCOC(=O)c1coc(B(O)O)c1. The molecule has 0 atom stereocenters. The van der Waals surface area contributed by atoms with E-state index in [1.54, 1.807) is 6.92 Å². The van der Waals surface area contributed by atoms with Gasteiger partial charge < -0.3 is 19.2 Å². The Morgan fingerprint density at radius 1 is 1.69 bits per heavy atom. The summed E-state index contributed by atoms with van der Waals surface area (Å²) < 4.78 is 9.35. The highest BCUT2D eigenvalue weighted by Crippen LogP contribution is 2.01. The molecule has 1 aromatic heterocycles. The maximum Gasteiger partial charge on any atom is 0.526 e. The van der Waals surface area contributed by atoms with Crippen LogP contribution in [0.25, 0.3) is 0 Å². The van der Waals surface area contributed by atoms with Crippen LogP contribution < -0.4 is 5.66 Å². The molecule has 0 radical (unpaired) electrons. The predicted molar refractivity (Wildman–Crippen MR) is 44.5 cm³/mol. The van der Waals surface area contributed by atoms with Crippen LogP contribution in [-0.2, 0) is 4.74 Å². The van der Waals surface area contributed by atoms with Crippen molar-refractivity contribution in [2.75, 3.05) is 6.61 Å². The van der Waals surface area contributed by atoms with Crippen molar-refractivity contribution < 1.29 is 24.0 Å². The van der Waals surface area contributed by atoms with Gasteiger partial charge >= 0.3 is 13.1 Å². The van der Waals surface area contributed by atoms with Gasteiger partial charge in [-0.3, -0.25) is 0 Å². The van der Waals surface area contributed by atoms with Crippen molar-refractivity contribution in [2.45, 2.75) is 6.92 Å². The van der Waals surface area contributed by atoms with E-state index in [0.717, 1.165) is 6.26 Å². The Kier molecular flexibility index (Phi) is 3.10. The molecule has 0 unspecified atom stereocenters. The molecule has 0 spiro atoms. The number of carbonyl (C=O) groups is 1. The van der Waals surface area contributed by atoms with Crippen molar-refractivity contribution >= 4 is 18.7 Å². The van der Waals surface area contributed by atoms with Crippen LogP contribution in [0.15, 0.2) is 16.7 Å². The maximum absolute atomic E-state index is 11.0. The van der Waals surface area contributed by atoms with Crippen molar-refractivity contribution in [2.24, 2.45) is 0 Å². The molecule has 1 heterocycles. The Morgan fingerprint density at radius 2 is 2.38 bits per heavy atom. The first-order valence-corrected chi connectivity index (χ1v) is 3.76. The fraction of sp³-hybridized carbons (Fsp3) is 0.286. The average Bonchev–Trinajstić information content (AvgIpc) is 2.52. The third-order valence-corrected chi connectivity index (χ3v) is 1.39. The van der Waals surface area contributed by atoms with Gasteiger partial charge in [0.05, 0.1) is 12.2 Å². The average molecular weight is 184 g/mol. The van der Waals surface area contributed by atoms with E-state index in [-0.39, 0.29) is 17.8 Å². The van der Waals surface area contributed by atoms with E-state index in [9.17, 15) is 4.79 Å². The van der Waals surface area contributed by atoms with Gasteiger partial charge in [0.1, 0.15) is 11.9 Å². The zero-order valence-electron chi connectivity index (χ0n) is 7.06. The van der Waals surface area contributed by atoms with Crippen LogP contribution in [-0.4, -0.2) is 29.7 Å². The summed E-state index contributed by atoms with van der Waals surface area (Å²) >= 11 is 0. The van der Waals surface area contributed by atoms with Crippen LogP contribution in [0.3, 0.4) is 0 Å². The highest BCUT2D eigenvalue weighted by Gasteiger charge is 2.19. The summed E-state index contributed by atoms with van der Waals surface area (Å²) in [6.45, 7) is 1.95. The molecule has 6 heteroatoms. The second kappa shape index (κ2) is 4.11. The quantitative estimate of drug-likeness (QED) is 0.471. The number of rotatable bonds is 3. The van der Waals surface area contributed by atoms with Gasteiger partial charge in [-0.15, -0.1) is 0 Å². The van der Waals surface area contributed by atoms with E-state index in [1.165, 1.54) is 6.07 Å². The molecule has 1 aromatic rings. The zero-order valence-corrected chi connectivity index (χ0v) is 7.06. The molecule has 0 aliphatic heterocycles. The Balaban J connectivity index is 2.73. The highest BCUT2D eigenvalue weighted by atomic mass is 16.5. The van der Waals surface area contributed by atoms with Crippen LogP contribution in [0.5, 0.6) is 0 Å². The lowest BCUT2D eigenvalue weighted by Crippen LogP contribution is -2.28. The normalized spacial score (nSPS) is 9.77. The number of hydrogen-bond donors (Lipinski definition) is 2. The van der Waals surface area contributed by atoms with Crippen molar-refractivity contribution in [1.82, 2.24) is 0 Å². The van der Waals surface area contributed by atoms with E-state index in [0.29, 0.717) is 0 Å². The van der Waals surface area contributed by atoms with Gasteiger partial charge in [-0.2, -0.15) is 0 Å². The third kappa shape index (κ3) is 2.33. The molecule has 70 valence electrons. The molecule has 0 aliphatic carbocycles. The highest BCUT2D eigenvalue weighted by molar-refractivity contribution is 6.57. The minimum atomic E-state index is -1.71. The second-order valence-corrected chi connectivity index (χ2v) is 2.33. The van der Waals surface area contributed by atoms with Gasteiger partial charge in [-0.1, -0.05) is 0 Å². The fourth-order valence-electron chi connectivity index (χ4n) is 0.810. The monoisotopic (exact) mass is 184 g/mol. The summed E-state index contributed by atoms with van der Waals surface area (Å²) in [5.41, 5.74) is 0.0907. The number of carbonyl (C=O) groups excluding carboxylic acids is 1. The number of hydrogen-bond acceptors (Lipinski definition) is 5. The van der Waals surface area contributed by atoms with Crippen molar-refractivity contribution in [3.63, 3.8) is 0 Å². The lowest BCUT2D eigenvalue weighted by Gasteiger charge is -1.95. The Morgan fingerprint density at radius 3 is 2.85 bits per heavy atom. The number of ether oxygens (including phenoxy) is 1. The van der Waals surface area contributed by atoms with E-state index in [1.807, 2.05) is 0 Å². The first kappa shape index (κ1) is 9.82. The molecular formula is C7H9BO5. The Labute approximate surface area is 75.1 Å². The molecule has 0 amide bonds. The lowest BCUT2D eigenvalue weighted by atomic mass is 9.87. The molecule has 2 N–H and O–H groups in total. The molecule has 0 aliphatic rings. The third-order valence-electron chi connectivity index (χ3n) is 1.39. The van der Waals surface area contributed by atoms with Crippen LogP contribution in [0.2, 0.25) is 0 Å². The van der Waals surface area contributed by atoms with E-state index < -0.39 is 13.1 Å². The molecule has 0 saturated carbocycles. The fourth-order valence-corrected chi connectivity index (χ4v) is 0.810. The molecule has 13 heavy (non-hydrogen) atoms. The summed E-state index contributed by atoms with van der Waals surface area (Å²) in [5.74, 6) is -0.543. The van der Waals surface area contributed by atoms with Gasteiger partial charge in [0, 0.05) is 0 Å². The van der Waals surface area contributed by atoms with Gasteiger partial charge in [-0.05, 0) is 13.0 Å². The summed E-state index contributed by atoms with van der Waals surface area (Å²) in [6, 6.07) is 1.22. The van der Waals surface area contributed by atoms with Crippen LogP contribution >= 0.6 is 0 Å². The number of furan rings is 1. The summed E-state index contributed by atoms with van der Waals surface area (Å²) in [7, 11) is -1.71. The van der Waals surface area contributed by atoms with E-state index >= 15 is 0 Å². The smallest absolute Gasteiger partial charge is 0.472 e. The Bertz CT molecular complexity index is 293. The van der Waals surface area contributed by atoms with Crippen LogP contribution in [0.1, 0.15) is 17.3 Å². The first-order chi connectivity index (χ1) is 6.15. The molecule has 1 rings (SSSR count). The van der Waals surface area contributed by atoms with Gasteiger partial charge in [0.15, 0.2) is 0 Å². The predicted octanol–water partition coefficient (Wildman–Crippen LogP) is -0.864. The Hall–Kier alpha value is -1.27.